The fraction of sp³-hybridized carbons (Fsp3) is 0.250. The summed E-state index contributed by atoms with van der Waals surface area (Å²) in [6.45, 7) is 0. The van der Waals surface area contributed by atoms with Crippen molar-refractivity contribution in [2.24, 2.45) is 0 Å². The van der Waals surface area contributed by atoms with E-state index in [1.165, 1.54) is 6.20 Å². The average molecular weight is 294 g/mol. The third kappa shape index (κ3) is 2.34. The van der Waals surface area contributed by atoms with Crippen LogP contribution in [0.3, 0.4) is 0 Å². The van der Waals surface area contributed by atoms with Crippen molar-refractivity contribution in [2.45, 2.75) is 12.8 Å². The highest BCUT2D eigenvalue weighted by atomic mass is 127. The minimum Gasteiger partial charge on any atom is -0.264 e. The summed E-state index contributed by atoms with van der Waals surface area (Å²) in [5.41, 5.74) is 0.453. The van der Waals surface area contributed by atoms with Crippen molar-refractivity contribution in [1.82, 2.24) is 4.98 Å². The van der Waals surface area contributed by atoms with Gasteiger partial charge >= 0.3 is 0 Å². The second kappa shape index (κ2) is 4.46. The van der Waals surface area contributed by atoms with Gasteiger partial charge in [0, 0.05) is 21.5 Å². The first-order valence-electron chi connectivity index (χ1n) is 3.44. The molecule has 0 saturated carbocycles. The Bertz CT molecular complexity index is 346. The van der Waals surface area contributed by atoms with Crippen LogP contribution in [0.1, 0.15) is 17.6 Å². The molecule has 0 amide bonds. The van der Waals surface area contributed by atoms with Crippen molar-refractivity contribution in [2.75, 3.05) is 0 Å². The van der Waals surface area contributed by atoms with Crippen LogP contribution in [0.4, 0.5) is 8.78 Å². The summed E-state index contributed by atoms with van der Waals surface area (Å²) in [5, 5.41) is 8.41. The SMILES string of the molecule is N#CCc1cncc(C(F)F)c1I. The van der Waals surface area contributed by atoms with Crippen LogP contribution in [0.5, 0.6) is 0 Å². The number of rotatable bonds is 2. The third-order valence-electron chi connectivity index (χ3n) is 1.48. The van der Waals surface area contributed by atoms with Crippen LogP contribution in [0, 0.1) is 14.9 Å². The summed E-state index contributed by atoms with van der Waals surface area (Å²) in [5.74, 6) is 0. The molecule has 0 aromatic carbocycles. The number of nitriles is 1. The molecule has 0 atom stereocenters. The Morgan fingerprint density at radius 1 is 1.54 bits per heavy atom. The first kappa shape index (κ1) is 10.3. The van der Waals surface area contributed by atoms with Crippen molar-refractivity contribution < 1.29 is 8.78 Å². The molecular formula is C8H5F2IN2. The quantitative estimate of drug-likeness (QED) is 0.786. The highest BCUT2D eigenvalue weighted by Gasteiger charge is 2.14. The zero-order valence-electron chi connectivity index (χ0n) is 6.47. The van der Waals surface area contributed by atoms with E-state index in [1.54, 1.807) is 0 Å². The van der Waals surface area contributed by atoms with Crippen LogP contribution in [0.25, 0.3) is 0 Å². The molecular weight excluding hydrogens is 289 g/mol. The molecule has 0 spiro atoms. The number of pyridine rings is 1. The Labute approximate surface area is 87.7 Å². The summed E-state index contributed by atoms with van der Waals surface area (Å²) in [6.07, 6.45) is 0.161. The van der Waals surface area contributed by atoms with E-state index in [4.69, 9.17) is 5.26 Å². The Balaban J connectivity index is 3.12. The van der Waals surface area contributed by atoms with Crippen LogP contribution >= 0.6 is 22.6 Å². The van der Waals surface area contributed by atoms with Crippen molar-refractivity contribution >= 4 is 22.6 Å². The van der Waals surface area contributed by atoms with Crippen molar-refractivity contribution in [3.63, 3.8) is 0 Å². The van der Waals surface area contributed by atoms with E-state index in [2.05, 4.69) is 4.98 Å². The Morgan fingerprint density at radius 3 is 2.77 bits per heavy atom. The fourth-order valence-electron chi connectivity index (χ4n) is 0.867. The molecule has 0 saturated heterocycles. The second-order valence-corrected chi connectivity index (χ2v) is 3.42. The topological polar surface area (TPSA) is 36.7 Å². The van der Waals surface area contributed by atoms with E-state index in [0.717, 1.165) is 6.20 Å². The molecule has 1 heterocycles. The first-order chi connectivity index (χ1) is 6.16. The molecule has 0 aliphatic rings. The molecule has 0 bridgehead atoms. The number of hydrogen-bond donors (Lipinski definition) is 0. The molecule has 0 N–H and O–H groups in total. The van der Waals surface area contributed by atoms with E-state index in [-0.39, 0.29) is 12.0 Å². The van der Waals surface area contributed by atoms with Crippen LogP contribution in [-0.2, 0) is 6.42 Å². The van der Waals surface area contributed by atoms with Gasteiger partial charge in [-0.25, -0.2) is 8.78 Å². The zero-order chi connectivity index (χ0) is 9.84. The van der Waals surface area contributed by atoms with Gasteiger partial charge in [0.1, 0.15) is 0 Å². The van der Waals surface area contributed by atoms with Crippen LogP contribution < -0.4 is 0 Å². The molecule has 0 aliphatic carbocycles. The normalized spacial score (nSPS) is 10.1. The van der Waals surface area contributed by atoms with E-state index in [0.29, 0.717) is 9.13 Å². The standard InChI is InChI=1S/C8H5F2IN2/c9-8(10)6-4-13-3-5(1-2-12)7(6)11/h3-4,8H,1H2. The van der Waals surface area contributed by atoms with Crippen molar-refractivity contribution in [3.8, 4) is 6.07 Å². The Hall–Kier alpha value is -0.770. The van der Waals surface area contributed by atoms with Crippen LogP contribution in [0.2, 0.25) is 0 Å². The van der Waals surface area contributed by atoms with E-state index in [1.807, 2.05) is 28.7 Å². The third-order valence-corrected chi connectivity index (χ3v) is 2.80. The van der Waals surface area contributed by atoms with Gasteiger partial charge in [0.15, 0.2) is 0 Å². The summed E-state index contributed by atoms with van der Waals surface area (Å²) < 4.78 is 25.1. The van der Waals surface area contributed by atoms with Gasteiger partial charge in [0.2, 0.25) is 0 Å². The summed E-state index contributed by atoms with van der Waals surface area (Å²) in [4.78, 5) is 3.65. The van der Waals surface area contributed by atoms with E-state index < -0.39 is 6.43 Å². The van der Waals surface area contributed by atoms with Crippen LogP contribution in [-0.4, -0.2) is 4.98 Å². The lowest BCUT2D eigenvalue weighted by molar-refractivity contribution is 0.150. The van der Waals surface area contributed by atoms with Gasteiger partial charge in [-0.05, 0) is 28.2 Å². The minimum atomic E-state index is -2.53. The number of hydrogen-bond acceptors (Lipinski definition) is 2. The maximum absolute atomic E-state index is 12.3. The largest absolute Gasteiger partial charge is 0.266 e. The van der Waals surface area contributed by atoms with E-state index >= 15 is 0 Å². The van der Waals surface area contributed by atoms with Crippen molar-refractivity contribution in [1.29, 1.82) is 5.26 Å². The lowest BCUT2D eigenvalue weighted by Gasteiger charge is -2.05. The molecule has 0 radical (unpaired) electrons. The molecule has 5 heteroatoms. The summed E-state index contributed by atoms with van der Waals surface area (Å²) >= 11 is 1.81. The van der Waals surface area contributed by atoms with Gasteiger partial charge in [-0.1, -0.05) is 0 Å². The van der Waals surface area contributed by atoms with Gasteiger partial charge in [-0.3, -0.25) is 4.98 Å². The molecule has 2 nitrogen and oxygen atoms in total. The molecule has 68 valence electrons. The van der Waals surface area contributed by atoms with Gasteiger partial charge in [0.25, 0.3) is 6.43 Å². The molecule has 1 aromatic rings. The predicted octanol–water partition coefficient (Wildman–Crippen LogP) is 2.69. The molecule has 0 aliphatic heterocycles. The fourth-order valence-corrected chi connectivity index (χ4v) is 1.57. The van der Waals surface area contributed by atoms with Gasteiger partial charge < -0.3 is 0 Å². The Kier molecular flexibility index (Phi) is 3.54. The molecule has 0 unspecified atom stereocenters. The summed E-state index contributed by atoms with van der Waals surface area (Å²) in [7, 11) is 0. The highest BCUT2D eigenvalue weighted by Crippen LogP contribution is 2.25. The minimum absolute atomic E-state index is 0.103. The molecule has 0 fully saturated rings. The molecule has 1 rings (SSSR count). The zero-order valence-corrected chi connectivity index (χ0v) is 8.62. The van der Waals surface area contributed by atoms with Gasteiger partial charge in [-0.2, -0.15) is 5.26 Å². The van der Waals surface area contributed by atoms with Crippen LogP contribution in [0.15, 0.2) is 12.4 Å². The number of nitrogens with zero attached hydrogens (tertiary/aromatic N) is 2. The Morgan fingerprint density at radius 2 is 2.23 bits per heavy atom. The maximum Gasteiger partial charge on any atom is 0.266 e. The monoisotopic (exact) mass is 294 g/mol. The molecule has 1 aromatic heterocycles. The highest BCUT2D eigenvalue weighted by molar-refractivity contribution is 14.1. The number of halogens is 3. The lowest BCUT2D eigenvalue weighted by atomic mass is 10.2. The second-order valence-electron chi connectivity index (χ2n) is 2.34. The smallest absolute Gasteiger partial charge is 0.264 e. The van der Waals surface area contributed by atoms with Crippen molar-refractivity contribution in [3.05, 3.63) is 27.1 Å². The molecule has 13 heavy (non-hydrogen) atoms. The van der Waals surface area contributed by atoms with Gasteiger partial charge in [0.05, 0.1) is 12.5 Å². The van der Waals surface area contributed by atoms with Gasteiger partial charge in [-0.15, -0.1) is 0 Å². The summed E-state index contributed by atoms with van der Waals surface area (Å²) in [6, 6.07) is 1.90. The average Bonchev–Trinajstić information content (AvgIpc) is 2.08. The first-order valence-corrected chi connectivity index (χ1v) is 4.52. The van der Waals surface area contributed by atoms with E-state index in [9.17, 15) is 8.78 Å². The number of aromatic nitrogens is 1. The maximum atomic E-state index is 12.3. The lowest BCUT2D eigenvalue weighted by Crippen LogP contribution is -1.97. The number of alkyl halides is 2. The predicted molar refractivity (Wildman–Crippen MR) is 51.2 cm³/mol.